The highest BCUT2D eigenvalue weighted by molar-refractivity contribution is 7.99. The Kier molecular flexibility index (Phi) is 5.84. The fourth-order valence-corrected chi connectivity index (χ4v) is 3.31. The fourth-order valence-electron chi connectivity index (χ4n) is 2.17. The van der Waals surface area contributed by atoms with Crippen molar-refractivity contribution < 1.29 is 0 Å². The van der Waals surface area contributed by atoms with Gasteiger partial charge in [-0.15, -0.1) is 11.8 Å². The summed E-state index contributed by atoms with van der Waals surface area (Å²) in [5.41, 5.74) is 11.6. The Labute approximate surface area is 137 Å². The minimum absolute atomic E-state index is 0.810. The number of nitrogens with two attached hydrogens (primary N) is 1. The molecule has 114 valence electrons. The minimum Gasteiger partial charge on any atom is -0.398 e. The molecule has 2 aromatic carbocycles. The predicted octanol–water partition coefficient (Wildman–Crippen LogP) is 4.55. The van der Waals surface area contributed by atoms with Gasteiger partial charge in [0.05, 0.1) is 0 Å². The fraction of sp³-hybridized carbons (Fsp3) is 0.211. The van der Waals surface area contributed by atoms with Crippen molar-refractivity contribution in [2.45, 2.75) is 18.7 Å². The van der Waals surface area contributed by atoms with E-state index in [1.807, 2.05) is 44.3 Å². The molecule has 0 bridgehead atoms. The van der Waals surface area contributed by atoms with E-state index >= 15 is 0 Å². The molecule has 0 aliphatic carbocycles. The second kappa shape index (κ2) is 7.85. The van der Waals surface area contributed by atoms with E-state index in [1.165, 1.54) is 10.5 Å². The van der Waals surface area contributed by atoms with Crippen LogP contribution in [0.4, 0.5) is 0 Å². The molecule has 0 saturated carbocycles. The summed E-state index contributed by atoms with van der Waals surface area (Å²) in [6.45, 7) is 4.15. The Morgan fingerprint density at radius 2 is 1.68 bits per heavy atom. The normalized spacial score (nSPS) is 13.0. The van der Waals surface area contributed by atoms with Gasteiger partial charge in [-0.25, -0.2) is 0 Å². The van der Waals surface area contributed by atoms with Crippen molar-refractivity contribution in [3.8, 4) is 0 Å². The molecule has 0 aliphatic rings. The average molecular weight is 310 g/mol. The number of hydrogen-bond donors (Lipinski definition) is 1. The van der Waals surface area contributed by atoms with Crippen molar-refractivity contribution in [1.29, 1.82) is 0 Å². The lowest BCUT2D eigenvalue weighted by molar-refractivity contribution is 1.30. The summed E-state index contributed by atoms with van der Waals surface area (Å²) < 4.78 is 0. The smallest absolute Gasteiger partial charge is 0.0446 e. The van der Waals surface area contributed by atoms with Gasteiger partial charge in [-0.05, 0) is 31.0 Å². The predicted molar refractivity (Wildman–Crippen MR) is 98.5 cm³/mol. The number of aryl methyl sites for hydroxylation is 1. The first-order chi connectivity index (χ1) is 10.6. The van der Waals surface area contributed by atoms with Gasteiger partial charge in [0.1, 0.15) is 0 Å². The molecular weight excluding hydrogens is 288 g/mol. The van der Waals surface area contributed by atoms with Crippen LogP contribution in [-0.2, 0) is 0 Å². The zero-order valence-corrected chi connectivity index (χ0v) is 14.2. The van der Waals surface area contributed by atoms with E-state index in [0.717, 1.165) is 28.3 Å². The van der Waals surface area contributed by atoms with Gasteiger partial charge < -0.3 is 5.73 Å². The van der Waals surface area contributed by atoms with Crippen LogP contribution in [0.3, 0.4) is 0 Å². The zero-order chi connectivity index (χ0) is 15.9. The number of thioether (sulfide) groups is 1. The second-order valence-electron chi connectivity index (χ2n) is 5.12. The summed E-state index contributed by atoms with van der Waals surface area (Å²) in [4.78, 5) is 5.62. The maximum Gasteiger partial charge on any atom is 0.0446 e. The van der Waals surface area contributed by atoms with Crippen LogP contribution in [0.15, 0.2) is 70.1 Å². The molecule has 0 aliphatic heterocycles. The van der Waals surface area contributed by atoms with Gasteiger partial charge in [0.15, 0.2) is 0 Å². The molecule has 0 unspecified atom stereocenters. The molecule has 2 N–H and O–H groups in total. The highest BCUT2D eigenvalue weighted by Gasteiger charge is 2.10. The first-order valence-electron chi connectivity index (χ1n) is 7.29. The Balaban J connectivity index is 2.30. The molecule has 0 heterocycles. The third-order valence-electron chi connectivity index (χ3n) is 3.65. The topological polar surface area (TPSA) is 38.4 Å². The van der Waals surface area contributed by atoms with Crippen LogP contribution < -0.4 is 5.73 Å². The van der Waals surface area contributed by atoms with Gasteiger partial charge in [0.2, 0.25) is 0 Å². The van der Waals surface area contributed by atoms with Crippen LogP contribution in [0.5, 0.6) is 0 Å². The molecule has 0 saturated heterocycles. The summed E-state index contributed by atoms with van der Waals surface area (Å²) in [5.74, 6) is 0.814. The second-order valence-corrected chi connectivity index (χ2v) is 6.14. The van der Waals surface area contributed by atoms with E-state index in [9.17, 15) is 0 Å². The summed E-state index contributed by atoms with van der Waals surface area (Å²) in [5, 5.41) is 0. The van der Waals surface area contributed by atoms with E-state index in [-0.39, 0.29) is 0 Å². The van der Waals surface area contributed by atoms with Crippen LogP contribution in [-0.4, -0.2) is 18.5 Å². The Bertz CT molecular complexity index is 688. The molecule has 3 heteroatoms. The number of rotatable bonds is 5. The molecule has 0 aromatic heterocycles. The quantitative estimate of drug-likeness (QED) is 0.650. The molecule has 0 fully saturated rings. The lowest BCUT2D eigenvalue weighted by atomic mass is 10.1. The molecule has 22 heavy (non-hydrogen) atoms. The molecule has 0 radical (unpaired) electrons. The van der Waals surface area contributed by atoms with Gasteiger partial charge in [-0.1, -0.05) is 48.5 Å². The van der Waals surface area contributed by atoms with Crippen molar-refractivity contribution in [2.75, 3.05) is 12.8 Å². The average Bonchev–Trinajstić information content (AvgIpc) is 2.56. The van der Waals surface area contributed by atoms with E-state index in [1.54, 1.807) is 11.8 Å². The lowest BCUT2D eigenvalue weighted by Gasteiger charge is -2.13. The Hall–Kier alpha value is -2.00. The first kappa shape index (κ1) is 16.4. The first-order valence-corrected chi connectivity index (χ1v) is 8.28. The molecular formula is C19H22N2S. The molecule has 0 atom stereocenters. The summed E-state index contributed by atoms with van der Waals surface area (Å²) >= 11 is 1.80. The minimum atomic E-state index is 0.810. The molecule has 2 aromatic rings. The third-order valence-corrected chi connectivity index (χ3v) is 4.85. The Morgan fingerprint density at radius 1 is 1.05 bits per heavy atom. The number of nitrogens with zero attached hydrogens (tertiary/aromatic N) is 1. The summed E-state index contributed by atoms with van der Waals surface area (Å²) in [6, 6.07) is 18.5. The van der Waals surface area contributed by atoms with Gasteiger partial charge >= 0.3 is 0 Å². The van der Waals surface area contributed by atoms with Gasteiger partial charge in [-0.3, -0.25) is 4.99 Å². The lowest BCUT2D eigenvalue weighted by Crippen LogP contribution is -2.10. The van der Waals surface area contributed by atoms with Crippen molar-refractivity contribution in [3.63, 3.8) is 0 Å². The maximum atomic E-state index is 6.40. The third kappa shape index (κ3) is 4.01. The van der Waals surface area contributed by atoms with Gasteiger partial charge in [-0.2, -0.15) is 0 Å². The standard InChI is InChI=1S/C19H22N2S/c1-14-9-7-8-12-18(14)22-13-17(15(2)21-3)19(20)16-10-5-4-6-11-16/h4-12H,13,20H2,1-3H3. The van der Waals surface area contributed by atoms with Crippen LogP contribution in [0.1, 0.15) is 18.1 Å². The zero-order valence-electron chi connectivity index (χ0n) is 13.3. The van der Waals surface area contributed by atoms with Crippen molar-refractivity contribution in [2.24, 2.45) is 10.7 Å². The van der Waals surface area contributed by atoms with Crippen LogP contribution in [0, 0.1) is 6.92 Å². The van der Waals surface area contributed by atoms with Crippen LogP contribution in [0.2, 0.25) is 0 Å². The largest absolute Gasteiger partial charge is 0.398 e. The molecule has 2 nitrogen and oxygen atoms in total. The van der Waals surface area contributed by atoms with Crippen molar-refractivity contribution in [1.82, 2.24) is 0 Å². The summed E-state index contributed by atoms with van der Waals surface area (Å²) in [7, 11) is 1.81. The van der Waals surface area contributed by atoms with Crippen LogP contribution in [0.25, 0.3) is 5.70 Å². The summed E-state index contributed by atoms with van der Waals surface area (Å²) in [6.07, 6.45) is 0. The van der Waals surface area contributed by atoms with Crippen molar-refractivity contribution in [3.05, 3.63) is 71.3 Å². The van der Waals surface area contributed by atoms with Gasteiger partial charge in [0, 0.05) is 34.7 Å². The Morgan fingerprint density at radius 3 is 2.32 bits per heavy atom. The highest BCUT2D eigenvalue weighted by atomic mass is 32.2. The van der Waals surface area contributed by atoms with Crippen molar-refractivity contribution >= 4 is 23.2 Å². The number of benzene rings is 2. The molecule has 0 spiro atoms. The molecule has 0 amide bonds. The maximum absolute atomic E-state index is 6.40. The van der Waals surface area contributed by atoms with Gasteiger partial charge in [0.25, 0.3) is 0 Å². The van der Waals surface area contributed by atoms with E-state index < -0.39 is 0 Å². The SMILES string of the molecule is CN=C(C)C(CSc1ccccc1C)=C(N)c1ccccc1. The molecule has 2 rings (SSSR count). The van der Waals surface area contributed by atoms with E-state index in [0.29, 0.717) is 0 Å². The number of aliphatic imine (C=N–C) groups is 1. The van der Waals surface area contributed by atoms with Crippen LogP contribution >= 0.6 is 11.8 Å². The number of hydrogen-bond acceptors (Lipinski definition) is 3. The highest BCUT2D eigenvalue weighted by Crippen LogP contribution is 2.26. The van der Waals surface area contributed by atoms with E-state index in [2.05, 4.69) is 36.2 Å². The monoisotopic (exact) mass is 310 g/mol. The van der Waals surface area contributed by atoms with E-state index in [4.69, 9.17) is 5.73 Å².